The van der Waals surface area contributed by atoms with Crippen LogP contribution in [0.3, 0.4) is 0 Å². The van der Waals surface area contributed by atoms with Crippen LogP contribution in [0.4, 0.5) is 13.2 Å². The molecule has 1 heterocycles. The molecular formula is C15H18F3NO6S. The van der Waals surface area contributed by atoms with Crippen LogP contribution in [0.5, 0.6) is 5.75 Å². The van der Waals surface area contributed by atoms with Gasteiger partial charge in [0, 0.05) is 26.1 Å². The number of carboxylic acids is 1. The van der Waals surface area contributed by atoms with Crippen molar-refractivity contribution in [1.29, 1.82) is 0 Å². The Hall–Kier alpha value is -1.85. The maximum absolute atomic E-state index is 12.6. The molecule has 26 heavy (non-hydrogen) atoms. The molecule has 1 N–H and O–H groups in total. The minimum Gasteiger partial charge on any atom is -0.481 e. The van der Waals surface area contributed by atoms with Crippen molar-refractivity contribution in [2.75, 3.05) is 20.2 Å². The zero-order valence-electron chi connectivity index (χ0n) is 13.8. The number of likely N-dealkylation sites (N-methyl/N-ethyl adjacent to an activating group) is 1. The molecule has 11 heteroatoms. The molecule has 0 aliphatic carbocycles. The van der Waals surface area contributed by atoms with Crippen molar-refractivity contribution in [3.05, 3.63) is 23.8 Å². The lowest BCUT2D eigenvalue weighted by Gasteiger charge is -2.18. The molecule has 0 amide bonds. The van der Waals surface area contributed by atoms with Gasteiger partial charge in [0.05, 0.1) is 17.6 Å². The van der Waals surface area contributed by atoms with E-state index in [0.29, 0.717) is 6.61 Å². The molecule has 0 radical (unpaired) electrons. The average Bonchev–Trinajstić information content (AvgIpc) is 3.28. The number of rotatable bonds is 9. The highest BCUT2D eigenvalue weighted by Gasteiger charge is 2.33. The molecule has 1 atom stereocenters. The number of sulfonamides is 1. The monoisotopic (exact) mass is 397 g/mol. The molecule has 1 fully saturated rings. The van der Waals surface area contributed by atoms with Crippen LogP contribution in [0.1, 0.15) is 18.4 Å². The van der Waals surface area contributed by atoms with Crippen LogP contribution in [0.2, 0.25) is 0 Å². The molecule has 2 rings (SSSR count). The van der Waals surface area contributed by atoms with Crippen molar-refractivity contribution in [3.8, 4) is 5.75 Å². The van der Waals surface area contributed by atoms with E-state index in [1.807, 2.05) is 0 Å². The Kier molecular flexibility index (Phi) is 6.14. The Morgan fingerprint density at radius 3 is 2.58 bits per heavy atom. The van der Waals surface area contributed by atoms with Crippen LogP contribution in [-0.2, 0) is 26.0 Å². The molecule has 1 aliphatic rings. The molecule has 146 valence electrons. The lowest BCUT2D eigenvalue weighted by molar-refractivity contribution is -0.274. The van der Waals surface area contributed by atoms with Crippen LogP contribution in [0.15, 0.2) is 23.1 Å². The van der Waals surface area contributed by atoms with Crippen molar-refractivity contribution in [2.24, 2.45) is 0 Å². The van der Waals surface area contributed by atoms with Gasteiger partial charge in [-0.15, -0.1) is 13.2 Å². The van der Waals surface area contributed by atoms with E-state index in [4.69, 9.17) is 9.84 Å². The van der Waals surface area contributed by atoms with Crippen LogP contribution >= 0.6 is 0 Å². The number of hydrogen-bond donors (Lipinski definition) is 1. The van der Waals surface area contributed by atoms with E-state index in [-0.39, 0.29) is 42.4 Å². The standard InChI is InChI=1S/C15H18F3NO6S/c1-19(8-12-9-24-12)26(22,23)13-6-10(3-2-4-14(20)21)5-11(7-13)25-15(16,17)18/h5-7,12H,2-4,8-9H2,1H3,(H,20,21). The second kappa shape index (κ2) is 7.80. The van der Waals surface area contributed by atoms with Gasteiger partial charge in [0.15, 0.2) is 0 Å². The van der Waals surface area contributed by atoms with Gasteiger partial charge in [0.1, 0.15) is 5.75 Å². The third-order valence-corrected chi connectivity index (χ3v) is 5.40. The summed E-state index contributed by atoms with van der Waals surface area (Å²) < 4.78 is 72.6. The number of carboxylic acid groups (broad SMARTS) is 1. The first-order valence-corrected chi connectivity index (χ1v) is 9.11. The summed E-state index contributed by atoms with van der Waals surface area (Å²) in [5, 5.41) is 8.66. The first kappa shape index (κ1) is 20.5. The third-order valence-electron chi connectivity index (χ3n) is 3.60. The number of halogens is 3. The van der Waals surface area contributed by atoms with Crippen molar-refractivity contribution in [1.82, 2.24) is 4.31 Å². The van der Waals surface area contributed by atoms with Gasteiger partial charge in [-0.25, -0.2) is 8.42 Å². The van der Waals surface area contributed by atoms with Crippen molar-refractivity contribution in [3.63, 3.8) is 0 Å². The fourth-order valence-corrected chi connectivity index (χ4v) is 3.59. The fourth-order valence-electron chi connectivity index (χ4n) is 2.30. The van der Waals surface area contributed by atoms with E-state index < -0.39 is 28.1 Å². The molecule has 1 saturated heterocycles. The Morgan fingerprint density at radius 1 is 1.38 bits per heavy atom. The van der Waals surface area contributed by atoms with Gasteiger partial charge in [0.25, 0.3) is 0 Å². The van der Waals surface area contributed by atoms with E-state index in [1.54, 1.807) is 0 Å². The smallest absolute Gasteiger partial charge is 0.481 e. The Bertz CT molecular complexity index is 761. The van der Waals surface area contributed by atoms with Crippen LogP contribution in [0.25, 0.3) is 0 Å². The summed E-state index contributed by atoms with van der Waals surface area (Å²) in [7, 11) is -2.74. The highest BCUT2D eigenvalue weighted by Crippen LogP contribution is 2.29. The Morgan fingerprint density at radius 2 is 2.04 bits per heavy atom. The SMILES string of the molecule is CN(CC1CO1)S(=O)(=O)c1cc(CCCC(=O)O)cc(OC(F)(F)F)c1. The second-order valence-corrected chi connectivity index (χ2v) is 7.89. The first-order valence-electron chi connectivity index (χ1n) is 7.67. The average molecular weight is 397 g/mol. The van der Waals surface area contributed by atoms with E-state index in [2.05, 4.69) is 4.74 Å². The van der Waals surface area contributed by atoms with Crippen LogP contribution < -0.4 is 4.74 Å². The van der Waals surface area contributed by atoms with E-state index >= 15 is 0 Å². The quantitative estimate of drug-likeness (QED) is 0.641. The number of nitrogens with zero attached hydrogens (tertiary/aromatic N) is 1. The highest BCUT2D eigenvalue weighted by atomic mass is 32.2. The summed E-state index contributed by atoms with van der Waals surface area (Å²) in [6.45, 7) is 0.512. The van der Waals surface area contributed by atoms with Gasteiger partial charge in [0.2, 0.25) is 10.0 Å². The molecule has 7 nitrogen and oxygen atoms in total. The largest absolute Gasteiger partial charge is 0.573 e. The van der Waals surface area contributed by atoms with Crippen molar-refractivity contribution in [2.45, 2.75) is 36.6 Å². The van der Waals surface area contributed by atoms with E-state index in [9.17, 15) is 26.4 Å². The molecule has 0 bridgehead atoms. The van der Waals surface area contributed by atoms with Gasteiger partial charge >= 0.3 is 12.3 Å². The number of aryl methyl sites for hydroxylation is 1. The minimum atomic E-state index is -4.98. The lowest BCUT2D eigenvalue weighted by atomic mass is 10.1. The zero-order valence-corrected chi connectivity index (χ0v) is 14.6. The maximum Gasteiger partial charge on any atom is 0.573 e. The summed E-state index contributed by atoms with van der Waals surface area (Å²) >= 11 is 0. The van der Waals surface area contributed by atoms with E-state index in [1.165, 1.54) is 13.1 Å². The molecule has 1 unspecified atom stereocenters. The molecule has 1 aromatic rings. The minimum absolute atomic E-state index is 0.0844. The summed E-state index contributed by atoms with van der Waals surface area (Å²) in [5.41, 5.74) is 0.239. The van der Waals surface area contributed by atoms with Crippen LogP contribution in [-0.4, -0.2) is 56.5 Å². The predicted octanol–water partition coefficient (Wildman–Crippen LogP) is 2.01. The van der Waals surface area contributed by atoms with Gasteiger partial charge < -0.3 is 14.6 Å². The number of benzene rings is 1. The molecule has 0 aromatic heterocycles. The van der Waals surface area contributed by atoms with Gasteiger partial charge in [-0.1, -0.05) is 0 Å². The van der Waals surface area contributed by atoms with Gasteiger partial charge in [-0.05, 0) is 30.5 Å². The highest BCUT2D eigenvalue weighted by molar-refractivity contribution is 7.89. The lowest BCUT2D eigenvalue weighted by Crippen LogP contribution is -2.30. The topological polar surface area (TPSA) is 96.4 Å². The Balaban J connectivity index is 2.29. The number of epoxide rings is 1. The molecule has 0 spiro atoms. The molecule has 0 saturated carbocycles. The number of ether oxygens (including phenoxy) is 2. The number of alkyl halides is 3. The van der Waals surface area contributed by atoms with Gasteiger partial charge in [-0.2, -0.15) is 4.31 Å². The molecular weight excluding hydrogens is 379 g/mol. The van der Waals surface area contributed by atoms with Crippen molar-refractivity contribution < 1.29 is 41.0 Å². The second-order valence-electron chi connectivity index (χ2n) is 5.85. The summed E-state index contributed by atoms with van der Waals surface area (Å²) in [4.78, 5) is 10.2. The summed E-state index contributed by atoms with van der Waals surface area (Å²) in [5.74, 6) is -1.72. The fraction of sp³-hybridized carbons (Fsp3) is 0.533. The van der Waals surface area contributed by atoms with E-state index in [0.717, 1.165) is 16.4 Å². The van der Waals surface area contributed by atoms with Gasteiger partial charge in [-0.3, -0.25) is 4.79 Å². The molecule has 1 aliphatic heterocycles. The predicted molar refractivity (Wildman–Crippen MR) is 83.3 cm³/mol. The number of hydrogen-bond acceptors (Lipinski definition) is 5. The maximum atomic E-state index is 12.6. The molecule has 1 aromatic carbocycles. The number of aliphatic carboxylic acids is 1. The normalized spacial score (nSPS) is 17.3. The summed E-state index contributed by atoms with van der Waals surface area (Å²) in [6, 6.07) is 3.08. The Labute approximate surface area is 148 Å². The van der Waals surface area contributed by atoms with Crippen LogP contribution in [0, 0.1) is 0 Å². The third kappa shape index (κ3) is 6.15. The number of carbonyl (C=O) groups is 1. The van der Waals surface area contributed by atoms with Crippen molar-refractivity contribution >= 4 is 16.0 Å². The summed E-state index contributed by atoms with van der Waals surface area (Å²) in [6.07, 6.45) is -5.14. The zero-order chi connectivity index (χ0) is 19.5. The first-order chi connectivity index (χ1) is 12.0.